The van der Waals surface area contributed by atoms with Gasteiger partial charge in [0.15, 0.2) is 0 Å². The molecule has 0 saturated carbocycles. The first-order valence-electron chi connectivity index (χ1n) is 8.24. The second-order valence-electron chi connectivity index (χ2n) is 7.32. The Morgan fingerprint density at radius 2 is 1.54 bits per heavy atom. The summed E-state index contributed by atoms with van der Waals surface area (Å²) >= 11 is 0. The van der Waals surface area contributed by atoms with Crippen LogP contribution in [0.4, 0.5) is 5.69 Å². The molecular weight excluding hydrogens is 295 g/mol. The van der Waals surface area contributed by atoms with Gasteiger partial charge in [-0.1, -0.05) is 63.2 Å². The lowest BCUT2D eigenvalue weighted by atomic mass is 9.62. The molecule has 1 N–H and O–H groups in total. The van der Waals surface area contributed by atoms with Gasteiger partial charge in [0, 0.05) is 23.4 Å². The standard InChI is InChI=1S/C19H20BN4/c1-19(2,3)20-24-12-13-8-4-5-9-14(13)17-18(22-23-21-17)15-10-6-7-11-16(15)24/h4-11H,12H2,1-3H3,(H,21,22,23). The summed E-state index contributed by atoms with van der Waals surface area (Å²) in [5.41, 5.74) is 6.50. The molecule has 0 bridgehead atoms. The van der Waals surface area contributed by atoms with Crippen molar-refractivity contribution < 1.29 is 0 Å². The molecule has 0 unspecified atom stereocenters. The van der Waals surface area contributed by atoms with E-state index in [2.05, 4.69) is 96.9 Å². The van der Waals surface area contributed by atoms with E-state index in [1.54, 1.807) is 0 Å². The van der Waals surface area contributed by atoms with Gasteiger partial charge in [-0.15, -0.1) is 0 Å². The number of fused-ring (bicyclic) bond motifs is 5. The first-order valence-corrected chi connectivity index (χ1v) is 8.24. The number of nitrogens with one attached hydrogen (secondary N) is 1. The zero-order valence-corrected chi connectivity index (χ0v) is 14.2. The number of hydrogen-bond acceptors (Lipinski definition) is 3. The molecule has 2 heterocycles. The maximum absolute atomic E-state index is 4.45. The van der Waals surface area contributed by atoms with Crippen molar-refractivity contribution in [3.8, 4) is 22.5 Å². The van der Waals surface area contributed by atoms with Gasteiger partial charge in [0.1, 0.15) is 11.4 Å². The van der Waals surface area contributed by atoms with E-state index < -0.39 is 0 Å². The highest BCUT2D eigenvalue weighted by Crippen LogP contribution is 2.40. The first-order chi connectivity index (χ1) is 11.5. The molecule has 1 aliphatic heterocycles. The number of anilines is 1. The van der Waals surface area contributed by atoms with Crippen LogP contribution in [0.25, 0.3) is 22.5 Å². The molecule has 2 aromatic carbocycles. The van der Waals surface area contributed by atoms with Crippen molar-refractivity contribution in [2.45, 2.75) is 32.6 Å². The second kappa shape index (κ2) is 5.51. The SMILES string of the molecule is CC(C)(C)[B]N1Cc2ccccc2-c2n[nH]nc2-c2ccccc21. The van der Waals surface area contributed by atoms with Gasteiger partial charge in [0.25, 0.3) is 7.41 Å². The molecule has 5 heteroatoms. The molecule has 0 amide bonds. The Bertz CT molecular complexity index is 879. The molecule has 3 aromatic rings. The topological polar surface area (TPSA) is 44.8 Å². The average molecular weight is 315 g/mol. The van der Waals surface area contributed by atoms with Gasteiger partial charge < -0.3 is 4.81 Å². The van der Waals surface area contributed by atoms with Crippen molar-refractivity contribution in [2.75, 3.05) is 4.81 Å². The van der Waals surface area contributed by atoms with Crippen LogP contribution < -0.4 is 4.81 Å². The Kier molecular flexibility index (Phi) is 3.45. The Morgan fingerprint density at radius 3 is 2.29 bits per heavy atom. The van der Waals surface area contributed by atoms with Crippen LogP contribution in [0.3, 0.4) is 0 Å². The van der Waals surface area contributed by atoms with E-state index in [-0.39, 0.29) is 5.31 Å². The maximum atomic E-state index is 4.45. The lowest BCUT2D eigenvalue weighted by Crippen LogP contribution is -2.34. The van der Waals surface area contributed by atoms with Crippen molar-refractivity contribution in [3.05, 3.63) is 54.1 Å². The van der Waals surface area contributed by atoms with E-state index >= 15 is 0 Å². The highest BCUT2D eigenvalue weighted by molar-refractivity contribution is 6.45. The van der Waals surface area contributed by atoms with Gasteiger partial charge in [-0.05, 0) is 16.9 Å². The lowest BCUT2D eigenvalue weighted by molar-refractivity contribution is 0.741. The minimum atomic E-state index is 0.0773. The molecule has 1 aromatic heterocycles. The van der Waals surface area contributed by atoms with Crippen LogP contribution in [0.15, 0.2) is 48.5 Å². The van der Waals surface area contributed by atoms with Crippen molar-refractivity contribution in [2.24, 2.45) is 0 Å². The van der Waals surface area contributed by atoms with Gasteiger partial charge in [-0.25, -0.2) is 0 Å². The van der Waals surface area contributed by atoms with Crippen LogP contribution in [-0.4, -0.2) is 22.8 Å². The van der Waals surface area contributed by atoms with Crippen molar-refractivity contribution in [1.29, 1.82) is 0 Å². The molecule has 0 aliphatic carbocycles. The minimum Gasteiger partial charge on any atom is -0.414 e. The molecule has 0 spiro atoms. The van der Waals surface area contributed by atoms with E-state index in [1.165, 1.54) is 5.56 Å². The normalized spacial score (nSPS) is 13.4. The fraction of sp³-hybridized carbons (Fsp3) is 0.263. The summed E-state index contributed by atoms with van der Waals surface area (Å²) in [6.07, 6.45) is 0. The Balaban J connectivity index is 1.97. The van der Waals surface area contributed by atoms with Gasteiger partial charge >= 0.3 is 0 Å². The summed E-state index contributed by atoms with van der Waals surface area (Å²) in [6.45, 7) is 7.49. The molecule has 1 radical (unpaired) electrons. The molecular formula is C19H20BN4. The van der Waals surface area contributed by atoms with Crippen molar-refractivity contribution in [1.82, 2.24) is 15.4 Å². The monoisotopic (exact) mass is 315 g/mol. The third-order valence-corrected chi connectivity index (χ3v) is 4.17. The number of hydrogen-bond donors (Lipinski definition) is 1. The summed E-state index contributed by atoms with van der Waals surface area (Å²) in [7, 11) is 2.30. The maximum Gasteiger partial charge on any atom is 0.252 e. The fourth-order valence-corrected chi connectivity index (χ4v) is 3.27. The average Bonchev–Trinajstić information content (AvgIpc) is 3.01. The smallest absolute Gasteiger partial charge is 0.252 e. The third kappa shape index (κ3) is 2.60. The Labute approximate surface area is 143 Å². The van der Waals surface area contributed by atoms with Crippen LogP contribution in [0.2, 0.25) is 5.31 Å². The first kappa shape index (κ1) is 15.0. The summed E-state index contributed by atoms with van der Waals surface area (Å²) in [5, 5.41) is 11.8. The zero-order chi connectivity index (χ0) is 16.7. The van der Waals surface area contributed by atoms with Gasteiger partial charge in [-0.2, -0.15) is 15.4 Å². The van der Waals surface area contributed by atoms with Gasteiger partial charge in [0.2, 0.25) is 0 Å². The van der Waals surface area contributed by atoms with Crippen molar-refractivity contribution in [3.63, 3.8) is 0 Å². The van der Waals surface area contributed by atoms with E-state index in [4.69, 9.17) is 0 Å². The predicted molar refractivity (Wildman–Crippen MR) is 98.9 cm³/mol. The van der Waals surface area contributed by atoms with E-state index in [0.29, 0.717) is 0 Å². The van der Waals surface area contributed by atoms with Gasteiger partial charge in [-0.3, -0.25) is 0 Å². The summed E-state index contributed by atoms with van der Waals surface area (Å²) in [5.74, 6) is 0. The van der Waals surface area contributed by atoms with Crippen LogP contribution >= 0.6 is 0 Å². The minimum absolute atomic E-state index is 0.0773. The summed E-state index contributed by atoms with van der Waals surface area (Å²) in [6, 6.07) is 16.9. The number of nitrogens with zero attached hydrogens (tertiary/aromatic N) is 3. The van der Waals surface area contributed by atoms with Crippen LogP contribution in [0, 0.1) is 0 Å². The number of aromatic amines is 1. The number of rotatable bonds is 1. The lowest BCUT2D eigenvalue weighted by Gasteiger charge is -2.33. The molecule has 1 aliphatic rings. The van der Waals surface area contributed by atoms with Crippen LogP contribution in [-0.2, 0) is 6.54 Å². The largest absolute Gasteiger partial charge is 0.414 e. The molecule has 0 saturated heterocycles. The Hall–Kier alpha value is -2.56. The zero-order valence-electron chi connectivity index (χ0n) is 14.2. The van der Waals surface area contributed by atoms with E-state index in [0.717, 1.165) is 34.7 Å². The molecule has 4 rings (SSSR count). The predicted octanol–water partition coefficient (Wildman–Crippen LogP) is 4.30. The second-order valence-corrected chi connectivity index (χ2v) is 7.32. The molecule has 119 valence electrons. The third-order valence-electron chi connectivity index (χ3n) is 4.17. The number of benzene rings is 2. The summed E-state index contributed by atoms with van der Waals surface area (Å²) in [4.78, 5) is 2.34. The van der Waals surface area contributed by atoms with Crippen molar-refractivity contribution >= 4 is 13.1 Å². The Morgan fingerprint density at radius 1 is 0.917 bits per heavy atom. The number of aromatic nitrogens is 3. The number of para-hydroxylation sites is 1. The highest BCUT2D eigenvalue weighted by Gasteiger charge is 2.27. The molecule has 4 nitrogen and oxygen atoms in total. The fourth-order valence-electron chi connectivity index (χ4n) is 3.27. The highest BCUT2D eigenvalue weighted by atomic mass is 15.3. The van der Waals surface area contributed by atoms with E-state index in [1.807, 2.05) is 0 Å². The molecule has 0 atom stereocenters. The number of H-pyrrole nitrogens is 1. The molecule has 0 fully saturated rings. The van der Waals surface area contributed by atoms with Gasteiger partial charge in [0.05, 0.1) is 0 Å². The summed E-state index contributed by atoms with van der Waals surface area (Å²) < 4.78 is 0. The molecule has 24 heavy (non-hydrogen) atoms. The van der Waals surface area contributed by atoms with E-state index in [9.17, 15) is 0 Å². The quantitative estimate of drug-likeness (QED) is 0.681. The van der Waals surface area contributed by atoms with Crippen LogP contribution in [0.5, 0.6) is 0 Å². The van der Waals surface area contributed by atoms with Crippen LogP contribution in [0.1, 0.15) is 26.3 Å².